The molecule has 0 radical (unpaired) electrons. The van der Waals surface area contributed by atoms with E-state index in [2.05, 4.69) is 254 Å². The molecule has 0 bridgehead atoms. The average Bonchev–Trinajstić information content (AvgIpc) is 4.00. The summed E-state index contributed by atoms with van der Waals surface area (Å²) in [5.41, 5.74) is 17.7. The van der Waals surface area contributed by atoms with Gasteiger partial charge >= 0.3 is 0 Å². The van der Waals surface area contributed by atoms with Gasteiger partial charge in [0, 0.05) is 26.8 Å². The molecule has 2 heteroatoms. The highest BCUT2D eigenvalue weighted by molar-refractivity contribution is 7.26. The van der Waals surface area contributed by atoms with Gasteiger partial charge in [0.05, 0.1) is 21.2 Å². The second-order valence-corrected chi connectivity index (χ2v) is 18.2. The molecule has 2 aliphatic rings. The van der Waals surface area contributed by atoms with Crippen molar-refractivity contribution in [3.63, 3.8) is 0 Å². The molecule has 10 aromatic carbocycles. The van der Waals surface area contributed by atoms with Crippen LogP contribution in [0, 0.1) is 0 Å². The summed E-state index contributed by atoms with van der Waals surface area (Å²) in [4.78, 5) is 2.54. The molecule has 300 valence electrons. The summed E-state index contributed by atoms with van der Waals surface area (Å²) in [5.74, 6) is 0. The Morgan fingerprint density at radius 1 is 0.297 bits per heavy atom. The van der Waals surface area contributed by atoms with Crippen molar-refractivity contribution in [1.82, 2.24) is 0 Å². The maximum atomic E-state index is 2.54. The Hall–Kier alpha value is -7.78. The monoisotopic (exact) mass is 831 g/mol. The molecular formula is C62H41NS. The first-order valence-corrected chi connectivity index (χ1v) is 23.0. The molecule has 11 aromatic rings. The second-order valence-electron chi connectivity index (χ2n) is 17.1. The van der Waals surface area contributed by atoms with Gasteiger partial charge in [-0.3, -0.25) is 0 Å². The van der Waals surface area contributed by atoms with Crippen LogP contribution in [0.4, 0.5) is 17.1 Å². The van der Waals surface area contributed by atoms with E-state index in [-0.39, 0.29) is 0 Å². The van der Waals surface area contributed by atoms with Crippen molar-refractivity contribution >= 4 is 48.6 Å². The van der Waals surface area contributed by atoms with Crippen molar-refractivity contribution in [3.05, 3.63) is 293 Å². The number of hydrogen-bond acceptors (Lipinski definition) is 2. The molecule has 0 aliphatic heterocycles. The van der Waals surface area contributed by atoms with Gasteiger partial charge in [0.25, 0.3) is 0 Å². The fourth-order valence-electron chi connectivity index (χ4n) is 11.5. The molecule has 0 spiro atoms. The van der Waals surface area contributed by atoms with Gasteiger partial charge in [-0.25, -0.2) is 0 Å². The van der Waals surface area contributed by atoms with E-state index in [4.69, 9.17) is 0 Å². The number of benzene rings is 10. The summed E-state index contributed by atoms with van der Waals surface area (Å²) in [7, 11) is 0. The Labute approximate surface area is 377 Å². The minimum Gasteiger partial charge on any atom is -0.309 e. The first-order chi connectivity index (χ1) is 31.8. The molecule has 0 atom stereocenters. The highest BCUT2D eigenvalue weighted by Gasteiger charge is 2.48. The van der Waals surface area contributed by atoms with E-state index in [1.807, 2.05) is 11.3 Å². The van der Waals surface area contributed by atoms with Crippen LogP contribution in [0.3, 0.4) is 0 Å². The van der Waals surface area contributed by atoms with E-state index >= 15 is 0 Å². The third-order valence-electron chi connectivity index (χ3n) is 14.0. The number of hydrogen-bond donors (Lipinski definition) is 0. The van der Waals surface area contributed by atoms with Gasteiger partial charge in [0.15, 0.2) is 0 Å². The molecule has 1 aromatic heterocycles. The highest BCUT2D eigenvalue weighted by atomic mass is 32.1. The smallest absolute Gasteiger partial charge is 0.0714 e. The first-order valence-electron chi connectivity index (χ1n) is 22.2. The lowest BCUT2D eigenvalue weighted by atomic mass is 9.67. The van der Waals surface area contributed by atoms with Crippen LogP contribution in [0.15, 0.2) is 249 Å². The van der Waals surface area contributed by atoms with Gasteiger partial charge in [-0.1, -0.05) is 212 Å². The summed E-state index contributed by atoms with van der Waals surface area (Å²) in [6, 6.07) is 92.7. The average molecular weight is 832 g/mol. The van der Waals surface area contributed by atoms with E-state index in [0.717, 1.165) is 11.4 Å². The number of rotatable bonds is 7. The number of anilines is 3. The second kappa shape index (κ2) is 14.4. The quantitative estimate of drug-likeness (QED) is 0.155. The Bertz CT molecular complexity index is 3470. The number of fused-ring (bicyclic) bond motifs is 9. The van der Waals surface area contributed by atoms with Crippen molar-refractivity contribution in [1.29, 1.82) is 0 Å². The fraction of sp³-hybridized carbons (Fsp3) is 0.0323. The molecule has 1 heterocycles. The zero-order valence-electron chi connectivity index (χ0n) is 35.0. The molecule has 0 saturated carbocycles. The van der Waals surface area contributed by atoms with Gasteiger partial charge < -0.3 is 4.90 Å². The van der Waals surface area contributed by atoms with Gasteiger partial charge in [-0.05, 0) is 103 Å². The topological polar surface area (TPSA) is 3.24 Å². The minimum absolute atomic E-state index is 0.479. The third kappa shape index (κ3) is 5.12. The summed E-state index contributed by atoms with van der Waals surface area (Å²) >= 11 is 1.88. The van der Waals surface area contributed by atoms with Crippen LogP contribution in [0.1, 0.15) is 44.5 Å². The molecular weight excluding hydrogens is 791 g/mol. The highest BCUT2D eigenvalue weighted by Crippen LogP contribution is 2.60. The van der Waals surface area contributed by atoms with Crippen molar-refractivity contribution in [2.75, 3.05) is 4.90 Å². The van der Waals surface area contributed by atoms with E-state index < -0.39 is 10.8 Å². The molecule has 0 N–H and O–H groups in total. The van der Waals surface area contributed by atoms with Crippen LogP contribution in [0.2, 0.25) is 0 Å². The standard InChI is InChI=1S/C62H41NS/c1-5-20-42(21-6-1)61(43-22-7-2-8-23-43)55-33-17-14-29-49(55)53-40-46(37-39-56(53)61)63(58-34-19-31-52-51-30-15-18-35-59(51)64-60(52)58)47-36-38-50-48-28-13-16-32-54(48)62(57(50)41-47,44-24-9-3-10-25-44)45-26-11-4-12-27-45/h1-41H. The van der Waals surface area contributed by atoms with Crippen LogP contribution in [-0.4, -0.2) is 0 Å². The lowest BCUT2D eigenvalue weighted by molar-refractivity contribution is 0.768. The Kier molecular flexibility index (Phi) is 8.28. The van der Waals surface area contributed by atoms with Crippen LogP contribution >= 0.6 is 11.3 Å². The zero-order chi connectivity index (χ0) is 42.2. The Morgan fingerprint density at radius 2 is 0.734 bits per heavy atom. The van der Waals surface area contributed by atoms with Gasteiger partial charge in [0.1, 0.15) is 0 Å². The normalized spacial score (nSPS) is 13.9. The van der Waals surface area contributed by atoms with Gasteiger partial charge in [-0.15, -0.1) is 11.3 Å². The number of thiophene rings is 1. The molecule has 1 nitrogen and oxygen atoms in total. The molecule has 13 rings (SSSR count). The predicted octanol–water partition coefficient (Wildman–Crippen LogP) is 16.3. The van der Waals surface area contributed by atoms with Crippen molar-refractivity contribution in [2.24, 2.45) is 0 Å². The van der Waals surface area contributed by atoms with Crippen LogP contribution in [0.25, 0.3) is 42.4 Å². The molecule has 0 amide bonds. The van der Waals surface area contributed by atoms with Crippen LogP contribution in [-0.2, 0) is 10.8 Å². The summed E-state index contributed by atoms with van der Waals surface area (Å²) in [6.07, 6.45) is 0. The Morgan fingerprint density at radius 3 is 1.34 bits per heavy atom. The summed E-state index contributed by atoms with van der Waals surface area (Å²) < 4.78 is 2.56. The maximum absolute atomic E-state index is 2.54. The molecule has 0 unspecified atom stereocenters. The van der Waals surface area contributed by atoms with E-state index in [9.17, 15) is 0 Å². The van der Waals surface area contributed by atoms with E-state index in [0.29, 0.717) is 0 Å². The Balaban J connectivity index is 1.11. The molecule has 64 heavy (non-hydrogen) atoms. The van der Waals surface area contributed by atoms with E-state index in [1.165, 1.54) is 92.6 Å². The van der Waals surface area contributed by atoms with Crippen molar-refractivity contribution in [3.8, 4) is 22.3 Å². The third-order valence-corrected chi connectivity index (χ3v) is 15.2. The summed E-state index contributed by atoms with van der Waals surface area (Å²) in [5, 5.41) is 2.57. The predicted molar refractivity (Wildman–Crippen MR) is 269 cm³/mol. The van der Waals surface area contributed by atoms with Crippen LogP contribution < -0.4 is 4.90 Å². The molecule has 2 aliphatic carbocycles. The maximum Gasteiger partial charge on any atom is 0.0714 e. The minimum atomic E-state index is -0.526. The fourth-order valence-corrected chi connectivity index (χ4v) is 12.7. The lowest BCUT2D eigenvalue weighted by Crippen LogP contribution is -2.29. The SMILES string of the molecule is c1ccc(C2(c3ccccc3)c3ccccc3-c3cc(N(c4ccc5c(c4)C(c4ccccc4)(c4ccccc4)c4ccccc4-5)c4cccc5c4sc4ccccc45)ccc32)cc1. The number of nitrogens with zero attached hydrogens (tertiary/aromatic N) is 1. The first kappa shape index (κ1) is 36.8. The van der Waals surface area contributed by atoms with Crippen molar-refractivity contribution < 1.29 is 0 Å². The van der Waals surface area contributed by atoms with Crippen LogP contribution in [0.5, 0.6) is 0 Å². The molecule has 0 saturated heterocycles. The largest absolute Gasteiger partial charge is 0.309 e. The van der Waals surface area contributed by atoms with Crippen molar-refractivity contribution in [2.45, 2.75) is 10.8 Å². The van der Waals surface area contributed by atoms with E-state index in [1.54, 1.807) is 0 Å². The summed E-state index contributed by atoms with van der Waals surface area (Å²) in [6.45, 7) is 0. The lowest BCUT2D eigenvalue weighted by Gasteiger charge is -2.35. The van der Waals surface area contributed by atoms with Gasteiger partial charge in [0.2, 0.25) is 0 Å². The zero-order valence-corrected chi connectivity index (χ0v) is 35.8. The molecule has 0 fully saturated rings. The van der Waals surface area contributed by atoms with Gasteiger partial charge in [-0.2, -0.15) is 0 Å².